The van der Waals surface area contributed by atoms with E-state index >= 15 is 0 Å². The Hall–Kier alpha value is -2.22. The molecule has 1 heterocycles. The highest BCUT2D eigenvalue weighted by Gasteiger charge is 2.01. The van der Waals surface area contributed by atoms with E-state index in [1.54, 1.807) is 0 Å². The molecule has 2 aromatic rings. The number of hydrogen-bond acceptors (Lipinski definition) is 5. The fourth-order valence-electron chi connectivity index (χ4n) is 2.13. The number of rotatable bonds is 5. The van der Waals surface area contributed by atoms with E-state index in [9.17, 15) is 0 Å². The van der Waals surface area contributed by atoms with Crippen LogP contribution in [0.15, 0.2) is 60.8 Å². The number of aryl methyl sites for hydroxylation is 1. The molecule has 6 nitrogen and oxygen atoms in total. The lowest BCUT2D eigenvalue weighted by Crippen LogP contribution is -2.68. The number of benzene rings is 1. The minimum atomic E-state index is -4.94. The van der Waals surface area contributed by atoms with Gasteiger partial charge >= 0.3 is 0 Å². The van der Waals surface area contributed by atoms with Crippen molar-refractivity contribution in [1.82, 2.24) is 0 Å². The number of allylic oxidation sites excluding steroid dienone is 2. The van der Waals surface area contributed by atoms with Gasteiger partial charge < -0.3 is 4.90 Å². The second-order valence-corrected chi connectivity index (χ2v) is 6.25. The zero-order chi connectivity index (χ0) is 19.6. The predicted octanol–water partition coefficient (Wildman–Crippen LogP) is -0.969. The van der Waals surface area contributed by atoms with Crippen molar-refractivity contribution in [2.24, 2.45) is 0 Å². The normalized spacial score (nSPS) is 11.5. The molecule has 7 heteroatoms. The predicted molar refractivity (Wildman–Crippen MR) is 91.1 cm³/mol. The van der Waals surface area contributed by atoms with Crippen LogP contribution < -0.4 is 28.1 Å². The molecule has 0 spiro atoms. The van der Waals surface area contributed by atoms with Gasteiger partial charge in [0.25, 0.3) is 0 Å². The van der Waals surface area contributed by atoms with Crippen LogP contribution >= 0.6 is 0 Å². The molecule has 26 heavy (non-hydrogen) atoms. The van der Waals surface area contributed by atoms with Crippen molar-refractivity contribution in [3.8, 4) is 0 Å². The van der Waals surface area contributed by atoms with Gasteiger partial charge in [-0.3, -0.25) is 0 Å². The molecule has 0 aliphatic heterocycles. The highest BCUT2D eigenvalue weighted by Crippen LogP contribution is 2.13. The van der Waals surface area contributed by atoms with Gasteiger partial charge in [-0.2, -0.15) is 4.57 Å². The number of aromatic nitrogens is 1. The van der Waals surface area contributed by atoms with Crippen molar-refractivity contribution in [3.63, 3.8) is 0 Å². The molecular weight excluding hydrogens is 356 g/mol. The minimum absolute atomic E-state index is 0.982. The van der Waals surface area contributed by atoms with Crippen LogP contribution in [0.4, 0.5) is 5.69 Å². The van der Waals surface area contributed by atoms with Crippen LogP contribution in [0.5, 0.6) is 0 Å². The van der Waals surface area contributed by atoms with Gasteiger partial charge in [0.1, 0.15) is 6.54 Å². The maximum Gasteiger partial charge on any atom is 0.205 e. The Morgan fingerprint density at radius 1 is 0.923 bits per heavy atom. The molecule has 0 amide bonds. The standard InChI is InChI=1S/C19H23N2.ClHO4/c1-4-21-16-8-7-11-19(21)10-6-5-9-17-12-14-18(15-13-17)20(2)3;2-1(3,4)5/h5-16H,4H2,1-3H3;(H,2,3,4,5)/q+1;/p-1. The first-order chi connectivity index (χ1) is 12.2. The Labute approximate surface area is 156 Å². The summed E-state index contributed by atoms with van der Waals surface area (Å²) < 4.78 is 36.2. The molecule has 0 saturated carbocycles. The Balaban J connectivity index is 0.000000597. The third-order valence-electron chi connectivity index (χ3n) is 3.39. The van der Waals surface area contributed by atoms with Crippen molar-refractivity contribution in [3.05, 3.63) is 72.1 Å². The quantitative estimate of drug-likeness (QED) is 0.492. The fourth-order valence-corrected chi connectivity index (χ4v) is 2.13. The molecule has 0 bridgehead atoms. The van der Waals surface area contributed by atoms with Crippen molar-refractivity contribution in [2.75, 3.05) is 19.0 Å². The largest absolute Gasteiger partial charge is 0.378 e. The molecule has 2 rings (SSSR count). The third-order valence-corrected chi connectivity index (χ3v) is 3.39. The van der Waals surface area contributed by atoms with Crippen LogP contribution in [0.2, 0.25) is 0 Å². The lowest BCUT2D eigenvalue weighted by molar-refractivity contribution is -2.00. The molecule has 1 aromatic carbocycles. The van der Waals surface area contributed by atoms with Crippen molar-refractivity contribution in [2.45, 2.75) is 13.5 Å². The third kappa shape index (κ3) is 9.31. The second-order valence-electron chi connectivity index (χ2n) is 5.49. The van der Waals surface area contributed by atoms with Crippen LogP contribution in [-0.2, 0) is 6.54 Å². The van der Waals surface area contributed by atoms with Crippen LogP contribution in [0.3, 0.4) is 0 Å². The molecule has 0 saturated heterocycles. The summed E-state index contributed by atoms with van der Waals surface area (Å²) in [6, 6.07) is 14.8. The van der Waals surface area contributed by atoms with Crippen molar-refractivity contribution < 1.29 is 33.4 Å². The highest BCUT2D eigenvalue weighted by atomic mass is 35.7. The molecule has 0 fully saturated rings. The molecule has 0 aliphatic carbocycles. The minimum Gasteiger partial charge on any atom is -0.378 e. The Kier molecular flexibility index (Phi) is 8.98. The molecule has 0 N–H and O–H groups in total. The van der Waals surface area contributed by atoms with Crippen molar-refractivity contribution >= 4 is 17.8 Å². The average molecular weight is 379 g/mol. The topological polar surface area (TPSA) is 99.4 Å². The van der Waals surface area contributed by atoms with E-state index in [1.807, 2.05) is 0 Å². The van der Waals surface area contributed by atoms with Crippen LogP contribution in [0.25, 0.3) is 12.2 Å². The van der Waals surface area contributed by atoms with Crippen molar-refractivity contribution in [1.29, 1.82) is 0 Å². The maximum atomic E-state index is 8.49. The summed E-state index contributed by atoms with van der Waals surface area (Å²) in [6.07, 6.45) is 10.5. The van der Waals surface area contributed by atoms with E-state index in [1.165, 1.54) is 16.9 Å². The van der Waals surface area contributed by atoms with Gasteiger partial charge in [0.05, 0.1) is 0 Å². The van der Waals surface area contributed by atoms with Crippen LogP contribution in [0, 0.1) is 10.2 Å². The fraction of sp³-hybridized carbons (Fsp3) is 0.211. The van der Waals surface area contributed by atoms with Crippen LogP contribution in [0.1, 0.15) is 18.2 Å². The van der Waals surface area contributed by atoms with E-state index in [-0.39, 0.29) is 0 Å². The first kappa shape index (κ1) is 21.8. The van der Waals surface area contributed by atoms with Gasteiger partial charge in [-0.15, -0.1) is 10.2 Å². The summed E-state index contributed by atoms with van der Waals surface area (Å²) in [7, 11) is -0.840. The summed E-state index contributed by atoms with van der Waals surface area (Å²) in [5.74, 6) is 0. The molecule has 0 aliphatic rings. The summed E-state index contributed by atoms with van der Waals surface area (Å²) in [6.45, 7) is 3.13. The average Bonchev–Trinajstić information content (AvgIpc) is 2.58. The molecular formula is C19H23ClN2O4. The van der Waals surface area contributed by atoms with Gasteiger partial charge in [0.15, 0.2) is 6.20 Å². The van der Waals surface area contributed by atoms with Gasteiger partial charge in [-0.1, -0.05) is 30.4 Å². The monoisotopic (exact) mass is 378 g/mol. The lowest BCUT2D eigenvalue weighted by atomic mass is 10.2. The van der Waals surface area contributed by atoms with Crippen LogP contribution in [-0.4, -0.2) is 14.1 Å². The van der Waals surface area contributed by atoms with Gasteiger partial charge in [-0.05, 0) is 30.7 Å². The Morgan fingerprint density at radius 2 is 1.50 bits per heavy atom. The van der Waals surface area contributed by atoms with Gasteiger partial charge in [0.2, 0.25) is 5.69 Å². The summed E-state index contributed by atoms with van der Waals surface area (Å²) in [5, 5.41) is 0. The maximum absolute atomic E-state index is 8.49. The number of hydrogen-bond donors (Lipinski definition) is 0. The number of anilines is 1. The number of nitrogens with zero attached hydrogens (tertiary/aromatic N) is 2. The second kappa shape index (κ2) is 10.7. The van der Waals surface area contributed by atoms with E-state index in [0.717, 1.165) is 6.54 Å². The molecule has 0 atom stereocenters. The van der Waals surface area contributed by atoms with Gasteiger partial charge in [0, 0.05) is 38.0 Å². The Morgan fingerprint density at radius 3 is 2.04 bits per heavy atom. The van der Waals surface area contributed by atoms with E-state index in [0.29, 0.717) is 0 Å². The summed E-state index contributed by atoms with van der Waals surface area (Å²) >= 11 is 0. The zero-order valence-electron chi connectivity index (χ0n) is 15.0. The lowest BCUT2D eigenvalue weighted by Gasteiger charge is -2.17. The first-order valence-electron chi connectivity index (χ1n) is 7.93. The summed E-state index contributed by atoms with van der Waals surface area (Å²) in [5.41, 5.74) is 3.64. The molecule has 140 valence electrons. The first-order valence-corrected chi connectivity index (χ1v) is 9.16. The Bertz CT molecular complexity index is 717. The summed E-state index contributed by atoms with van der Waals surface area (Å²) in [4.78, 5) is 2.10. The van der Waals surface area contributed by atoms with E-state index in [2.05, 4.69) is 103 Å². The molecule has 0 unspecified atom stereocenters. The van der Waals surface area contributed by atoms with E-state index in [4.69, 9.17) is 18.6 Å². The van der Waals surface area contributed by atoms with E-state index < -0.39 is 10.2 Å². The molecule has 1 aromatic heterocycles. The smallest absolute Gasteiger partial charge is 0.205 e. The zero-order valence-corrected chi connectivity index (χ0v) is 15.8. The number of halogens is 1. The highest BCUT2D eigenvalue weighted by molar-refractivity contribution is 5.58. The SMILES string of the molecule is CC[n+]1ccccc1/C=C/C=C/c1ccc(N(C)C)cc1.[O-][Cl+3]([O-])([O-])[O-]. The molecule has 0 radical (unpaired) electrons. The van der Waals surface area contributed by atoms with Gasteiger partial charge in [-0.25, -0.2) is 18.6 Å². The number of pyridine rings is 1.